The summed E-state index contributed by atoms with van der Waals surface area (Å²) >= 11 is 0. The first-order valence-corrected chi connectivity index (χ1v) is 51.6. The van der Waals surface area contributed by atoms with Crippen LogP contribution in [0.15, 0.2) is 18.2 Å². The molecule has 792 valence electrons. The van der Waals surface area contributed by atoms with Crippen LogP contribution in [-0.2, 0) is 76.1 Å². The maximum absolute atomic E-state index is 11.9. The first-order valence-electron chi connectivity index (χ1n) is 51.6. The van der Waals surface area contributed by atoms with Gasteiger partial charge in [0.15, 0.2) is 37.7 Å². The van der Waals surface area contributed by atoms with Crippen molar-refractivity contribution in [2.24, 2.45) is 16.2 Å². The molecule has 6 saturated heterocycles. The van der Waals surface area contributed by atoms with E-state index < -0.39 is 280 Å². The van der Waals surface area contributed by atoms with Gasteiger partial charge < -0.3 is 179 Å². The van der Waals surface area contributed by atoms with Gasteiger partial charge in [0.1, 0.15) is 146 Å². The molecule has 36 nitrogen and oxygen atoms in total. The molecule has 6 heterocycles. The number of aliphatic hydroxyl groups is 24. The highest BCUT2D eigenvalue weighted by atomic mass is 16.7. The van der Waals surface area contributed by atoms with E-state index in [9.17, 15) is 123 Å². The second-order valence-corrected chi connectivity index (χ2v) is 40.2. The normalized spacial score (nSPS) is 34.0. The number of rotatable bonds is 72. The molecule has 0 aliphatic carbocycles. The van der Waals surface area contributed by atoms with Crippen molar-refractivity contribution in [3.8, 4) is 0 Å². The molecule has 1 aromatic rings. The van der Waals surface area contributed by atoms with Gasteiger partial charge in [0.2, 0.25) is 0 Å². The first-order chi connectivity index (χ1) is 65.0. The molecule has 0 bridgehead atoms. The van der Waals surface area contributed by atoms with Crippen LogP contribution in [0.2, 0.25) is 0 Å². The fourth-order valence-electron chi connectivity index (χ4n) is 19.8. The molecule has 0 amide bonds. The largest absolute Gasteiger partial charge is 0.394 e. The summed E-state index contributed by atoms with van der Waals surface area (Å²) < 4.78 is 76.5. The Kier molecular flexibility index (Phi) is 57.3. The zero-order valence-electron chi connectivity index (χ0n) is 81.0. The van der Waals surface area contributed by atoms with Crippen molar-refractivity contribution < 1.29 is 179 Å². The number of hydrogen-bond donors (Lipinski definition) is 24. The van der Waals surface area contributed by atoms with Gasteiger partial charge in [-0.05, 0) is 55.2 Å². The molecule has 30 atom stereocenters. The lowest BCUT2D eigenvalue weighted by atomic mass is 9.72. The highest BCUT2D eigenvalue weighted by molar-refractivity contribution is 5.35. The average molecular weight is 1950 g/mol. The van der Waals surface area contributed by atoms with Crippen LogP contribution in [0.1, 0.15) is 307 Å². The maximum atomic E-state index is 11.9. The third-order valence-electron chi connectivity index (χ3n) is 28.8. The second-order valence-electron chi connectivity index (χ2n) is 40.2. The molecule has 0 saturated carbocycles. The van der Waals surface area contributed by atoms with Crippen LogP contribution in [0.4, 0.5) is 0 Å². The van der Waals surface area contributed by atoms with Crippen molar-refractivity contribution in [1.82, 2.24) is 0 Å². The standard InChI is InChI=1S/C99H180O36/c1-4-7-10-13-16-19-22-25-28-31-34-37-40-45-97(58-124-91-85(118)79(112)73(106)67(52-100)130-91,59-125-92-86(119)80(113)74(107)68(53-101)131-92)49-64-43-44-65(50-98(60-126-93-87(120)81(114)75(108)69(54-102)132-93,61-127-94-88(121)82(115)76(109)70(55-103)133-94)46-41-38-35-32-29-26-23-20-17-14-11-8-5-2)66(48-64)51-99(62-128-95-89(122)83(116)77(110)71(56-104)134-95,63-129-96-90(123)84(117)78(111)72(57-105)135-96)47-42-39-36-33-30-27-24-21-18-15-12-9-6-3/h43-44,48,67-96,100-123H,4-42,45-47,49-63H2,1-3H3/t67?,68?,69?,70?,71?,72?,73-,74-,75-,76-,77-,78-,79+,80+,81+,82+,83+,84+,85?,86?,87?,88?,89?,90?,91-,92-,93-,94-,95-,96-,97?,98?,99?/m1/s1. The van der Waals surface area contributed by atoms with Crippen LogP contribution in [0.3, 0.4) is 0 Å². The molecule has 0 aromatic heterocycles. The van der Waals surface area contributed by atoms with E-state index >= 15 is 0 Å². The van der Waals surface area contributed by atoms with E-state index in [1.54, 1.807) is 6.07 Å². The van der Waals surface area contributed by atoms with Gasteiger partial charge in [-0.25, -0.2) is 0 Å². The molecule has 135 heavy (non-hydrogen) atoms. The van der Waals surface area contributed by atoms with E-state index in [1.165, 1.54) is 57.8 Å². The highest BCUT2D eigenvalue weighted by Crippen LogP contribution is 2.44. The average Bonchev–Trinajstić information content (AvgIpc) is 0.780. The monoisotopic (exact) mass is 1950 g/mol. The maximum Gasteiger partial charge on any atom is 0.186 e. The number of aliphatic hydroxyl groups excluding tert-OH is 24. The van der Waals surface area contributed by atoms with Crippen molar-refractivity contribution in [2.45, 2.75) is 494 Å². The van der Waals surface area contributed by atoms with Crippen molar-refractivity contribution in [2.75, 3.05) is 79.3 Å². The quantitative estimate of drug-likeness (QED) is 0.0414. The Hall–Kier alpha value is -2.22. The Labute approximate surface area is 800 Å². The van der Waals surface area contributed by atoms with Gasteiger partial charge in [-0.2, -0.15) is 0 Å². The minimum absolute atomic E-state index is 0.105. The summed E-state index contributed by atoms with van der Waals surface area (Å²) in [5.74, 6) is 0. The summed E-state index contributed by atoms with van der Waals surface area (Å²) in [7, 11) is 0. The number of unbranched alkanes of at least 4 members (excludes halogenated alkanes) is 36. The fourth-order valence-corrected chi connectivity index (χ4v) is 19.8. The van der Waals surface area contributed by atoms with Crippen LogP contribution in [0, 0.1) is 16.2 Å². The molecule has 1 aromatic carbocycles. The van der Waals surface area contributed by atoms with Gasteiger partial charge in [0.25, 0.3) is 0 Å². The van der Waals surface area contributed by atoms with E-state index in [0.717, 1.165) is 154 Å². The predicted octanol–water partition coefficient (Wildman–Crippen LogP) is 3.62. The third kappa shape index (κ3) is 38.0. The molecule has 7 rings (SSSR count). The van der Waals surface area contributed by atoms with Gasteiger partial charge in [0.05, 0.1) is 79.3 Å². The smallest absolute Gasteiger partial charge is 0.186 e. The van der Waals surface area contributed by atoms with Crippen LogP contribution >= 0.6 is 0 Å². The van der Waals surface area contributed by atoms with E-state index in [-0.39, 0.29) is 38.5 Å². The van der Waals surface area contributed by atoms with Crippen LogP contribution < -0.4 is 0 Å². The van der Waals surface area contributed by atoms with Crippen LogP contribution in [0.5, 0.6) is 0 Å². The molecule has 24 N–H and O–H groups in total. The zero-order valence-corrected chi connectivity index (χ0v) is 81.0. The number of ether oxygens (including phenoxy) is 12. The lowest BCUT2D eigenvalue weighted by molar-refractivity contribution is -0.318. The van der Waals surface area contributed by atoms with E-state index in [0.29, 0.717) is 55.2 Å². The summed E-state index contributed by atoms with van der Waals surface area (Å²) in [6, 6.07) is 5.47. The minimum Gasteiger partial charge on any atom is -0.394 e. The molecule has 36 heteroatoms. The second kappa shape index (κ2) is 64.6. The molecule has 12 unspecified atom stereocenters. The van der Waals surface area contributed by atoms with Gasteiger partial charge in [-0.15, -0.1) is 0 Å². The Morgan fingerprint density at radius 3 is 0.563 bits per heavy atom. The van der Waals surface area contributed by atoms with E-state index in [4.69, 9.17) is 56.8 Å². The van der Waals surface area contributed by atoms with Gasteiger partial charge >= 0.3 is 0 Å². The van der Waals surface area contributed by atoms with Crippen molar-refractivity contribution in [3.05, 3.63) is 34.9 Å². The molecular weight excluding hydrogens is 1770 g/mol. The zero-order chi connectivity index (χ0) is 98.5. The molecule has 0 spiro atoms. The summed E-state index contributed by atoms with van der Waals surface area (Å²) in [5.41, 5.74) is -3.06. The van der Waals surface area contributed by atoms with Crippen molar-refractivity contribution >= 4 is 0 Å². The Balaban J connectivity index is 1.49. The Morgan fingerprint density at radius 1 is 0.207 bits per heavy atom. The molecule has 6 aliphatic rings. The van der Waals surface area contributed by atoms with Crippen LogP contribution in [-0.4, -0.2) is 386 Å². The molecule has 0 radical (unpaired) electrons. The van der Waals surface area contributed by atoms with E-state index in [1.807, 2.05) is 12.1 Å². The highest BCUT2D eigenvalue weighted by Gasteiger charge is 2.53. The number of benzene rings is 1. The summed E-state index contributed by atoms with van der Waals surface area (Å²) in [4.78, 5) is 0. The summed E-state index contributed by atoms with van der Waals surface area (Å²) in [6.07, 6.45) is -14.9. The topological polar surface area (TPSA) is 596 Å². The molecule has 6 fully saturated rings. The summed E-state index contributed by atoms with van der Waals surface area (Å²) in [5, 5.41) is 270. The number of hydrogen-bond acceptors (Lipinski definition) is 36. The Morgan fingerprint density at radius 2 is 0.378 bits per heavy atom. The van der Waals surface area contributed by atoms with Gasteiger partial charge in [-0.1, -0.05) is 289 Å². The first kappa shape index (κ1) is 120. The van der Waals surface area contributed by atoms with Gasteiger partial charge in [0, 0.05) is 16.2 Å². The predicted molar refractivity (Wildman–Crippen MR) is 494 cm³/mol. The van der Waals surface area contributed by atoms with Crippen LogP contribution in [0.25, 0.3) is 0 Å². The van der Waals surface area contributed by atoms with Crippen molar-refractivity contribution in [1.29, 1.82) is 0 Å². The van der Waals surface area contributed by atoms with Gasteiger partial charge in [-0.3, -0.25) is 0 Å². The van der Waals surface area contributed by atoms with E-state index in [2.05, 4.69) is 20.8 Å². The third-order valence-corrected chi connectivity index (χ3v) is 28.8. The Bertz CT molecular complexity index is 3050. The lowest BCUT2D eigenvalue weighted by Gasteiger charge is -2.44. The summed E-state index contributed by atoms with van der Waals surface area (Å²) in [6.45, 7) is -1.28. The molecular formula is C99H180O36. The lowest BCUT2D eigenvalue weighted by Crippen LogP contribution is -2.60. The SMILES string of the molecule is CCCCCCCCCCCCCCCC(CO[C@@H]1OC(CO)[C@@H](O)[C@H](O)C1O)(CO[C@@H]1OC(CO)[C@@H](O)[C@H](O)C1O)Cc1ccc(CC(CCCCCCCCCCCCCCC)(CO[C@@H]2OC(CO)[C@@H](O)[C@H](O)C2O)CO[C@@H]2OC(CO)[C@@H](O)[C@H](O)C2O)c(CC(CCCCCCCCCCCCCCC)(CO[C@@H]2OC(CO)[C@@H](O)[C@H](O)C2O)CO[C@@H]2OC(CO)[C@@H](O)[C@H](O)C2O)c1. The minimum atomic E-state index is -1.96. The molecule has 6 aliphatic heterocycles. The fraction of sp³-hybridized carbons (Fsp3) is 0.939. The van der Waals surface area contributed by atoms with Crippen molar-refractivity contribution in [3.63, 3.8) is 0 Å².